The van der Waals surface area contributed by atoms with Crippen molar-refractivity contribution in [3.8, 4) is 0 Å². The molecule has 0 bridgehead atoms. The van der Waals surface area contributed by atoms with Crippen molar-refractivity contribution in [2.24, 2.45) is 0 Å². The number of likely N-dealkylation sites (tertiary alicyclic amines) is 1. The Morgan fingerprint density at radius 2 is 1.53 bits per heavy atom. The second kappa shape index (κ2) is 11.4. The lowest BCUT2D eigenvalue weighted by molar-refractivity contribution is 0.0895. The van der Waals surface area contributed by atoms with Gasteiger partial charge in [-0.2, -0.15) is 0 Å². The molecule has 2 unspecified atom stereocenters. The first kappa shape index (κ1) is 25.3. The zero-order valence-corrected chi connectivity index (χ0v) is 22.4. The maximum Gasteiger partial charge on any atom is 0.258 e. The Kier molecular flexibility index (Phi) is 8.00. The number of carbonyl (C=O) groups is 1. The Morgan fingerprint density at radius 3 is 2.22 bits per heavy atom. The monoisotopic (exact) mass is 520 g/mol. The predicted molar refractivity (Wildman–Crippen MR) is 150 cm³/mol. The summed E-state index contributed by atoms with van der Waals surface area (Å²) in [5.41, 5.74) is 4.17. The Morgan fingerprint density at radius 1 is 0.833 bits per heavy atom. The first-order valence-electron chi connectivity index (χ1n) is 13.2. The van der Waals surface area contributed by atoms with Crippen molar-refractivity contribution < 1.29 is 4.79 Å². The van der Waals surface area contributed by atoms with Crippen LogP contribution in [0.5, 0.6) is 0 Å². The van der Waals surface area contributed by atoms with E-state index in [4.69, 9.17) is 23.2 Å². The zero-order valence-electron chi connectivity index (χ0n) is 20.9. The molecule has 188 valence electrons. The molecule has 3 nitrogen and oxygen atoms in total. The third kappa shape index (κ3) is 5.49. The largest absolute Gasteiger partial charge is 0.305 e. The summed E-state index contributed by atoms with van der Waals surface area (Å²) >= 11 is 12.4. The molecule has 5 heteroatoms. The second-order valence-corrected chi connectivity index (χ2v) is 11.1. The molecule has 3 aromatic carbocycles. The summed E-state index contributed by atoms with van der Waals surface area (Å²) in [6.45, 7) is 4.09. The van der Waals surface area contributed by atoms with Crippen LogP contribution >= 0.6 is 23.2 Å². The lowest BCUT2D eigenvalue weighted by Crippen LogP contribution is -2.51. The summed E-state index contributed by atoms with van der Waals surface area (Å²) in [5, 5.41) is 0.870. The van der Waals surface area contributed by atoms with Crippen molar-refractivity contribution in [2.45, 2.75) is 63.5 Å². The third-order valence-corrected chi connectivity index (χ3v) is 8.73. The third-order valence-electron chi connectivity index (χ3n) is 7.99. The fourth-order valence-electron chi connectivity index (χ4n) is 6.08. The molecule has 1 aliphatic heterocycles. The highest BCUT2D eigenvalue weighted by molar-refractivity contribution is 6.42. The number of rotatable bonds is 5. The molecule has 2 fully saturated rings. The Labute approximate surface area is 225 Å². The van der Waals surface area contributed by atoms with Gasteiger partial charge in [0.1, 0.15) is 0 Å². The van der Waals surface area contributed by atoms with Gasteiger partial charge in [-0.3, -0.25) is 9.69 Å². The SMILES string of the molecule is Cc1ccc(N(C(=O)c2ccc(Cl)c(Cl)c2)C2CCN(C3CCCCC3c3ccccc3)CC2)cc1. The minimum absolute atomic E-state index is 0.0179. The molecular weight excluding hydrogens is 487 g/mol. The summed E-state index contributed by atoms with van der Waals surface area (Å²) in [4.78, 5) is 18.5. The first-order valence-corrected chi connectivity index (χ1v) is 13.9. The number of nitrogens with zero attached hydrogens (tertiary/aromatic N) is 2. The summed E-state index contributed by atoms with van der Waals surface area (Å²) in [6.07, 6.45) is 7.05. The number of benzene rings is 3. The average molecular weight is 522 g/mol. The average Bonchev–Trinajstić information content (AvgIpc) is 2.92. The number of halogens is 2. The molecule has 0 radical (unpaired) electrons. The topological polar surface area (TPSA) is 23.6 Å². The van der Waals surface area contributed by atoms with Crippen LogP contribution in [0.25, 0.3) is 0 Å². The minimum Gasteiger partial charge on any atom is -0.305 e. The van der Waals surface area contributed by atoms with Crippen LogP contribution in [0.3, 0.4) is 0 Å². The smallest absolute Gasteiger partial charge is 0.258 e. The van der Waals surface area contributed by atoms with Crippen molar-refractivity contribution in [1.82, 2.24) is 4.90 Å². The highest BCUT2D eigenvalue weighted by atomic mass is 35.5. The predicted octanol–water partition coefficient (Wildman–Crippen LogP) is 8.14. The quantitative estimate of drug-likeness (QED) is 0.338. The molecule has 1 saturated carbocycles. The Hall–Kier alpha value is -2.33. The molecule has 3 aromatic rings. The van der Waals surface area contributed by atoms with Gasteiger partial charge in [0.2, 0.25) is 0 Å². The van der Waals surface area contributed by atoms with Crippen molar-refractivity contribution in [2.75, 3.05) is 18.0 Å². The molecule has 1 amide bonds. The molecule has 36 heavy (non-hydrogen) atoms. The summed E-state index contributed by atoms with van der Waals surface area (Å²) < 4.78 is 0. The number of amides is 1. The van der Waals surface area contributed by atoms with Gasteiger partial charge in [-0.15, -0.1) is 0 Å². The van der Waals surface area contributed by atoms with Crippen molar-refractivity contribution >= 4 is 34.8 Å². The lowest BCUT2D eigenvalue weighted by Gasteiger charge is -2.45. The van der Waals surface area contributed by atoms with Gasteiger partial charge in [0, 0.05) is 36.4 Å². The lowest BCUT2D eigenvalue weighted by atomic mass is 9.78. The molecule has 5 rings (SSSR count). The minimum atomic E-state index is -0.0179. The molecular formula is C31H34Cl2N2O. The van der Waals surface area contributed by atoms with Gasteiger partial charge < -0.3 is 4.90 Å². The van der Waals surface area contributed by atoms with E-state index in [9.17, 15) is 4.79 Å². The second-order valence-electron chi connectivity index (χ2n) is 10.3. The number of carbonyl (C=O) groups excluding carboxylic acids is 1. The van der Waals surface area contributed by atoms with Gasteiger partial charge in [0.15, 0.2) is 0 Å². The number of hydrogen-bond acceptors (Lipinski definition) is 2. The molecule has 0 spiro atoms. The first-order chi connectivity index (χ1) is 17.5. The van der Waals surface area contributed by atoms with Crippen molar-refractivity contribution in [3.05, 3.63) is 99.5 Å². The fraction of sp³-hybridized carbons (Fsp3) is 0.387. The van der Waals surface area contributed by atoms with Gasteiger partial charge >= 0.3 is 0 Å². The van der Waals surface area contributed by atoms with Crippen LogP contribution in [-0.2, 0) is 0 Å². The van der Waals surface area contributed by atoms with Gasteiger partial charge in [-0.25, -0.2) is 0 Å². The van der Waals surface area contributed by atoms with Crippen LogP contribution < -0.4 is 4.90 Å². The van der Waals surface area contributed by atoms with E-state index in [1.807, 2.05) is 4.90 Å². The van der Waals surface area contributed by atoms with Crippen LogP contribution in [0.15, 0.2) is 72.8 Å². The fourth-order valence-corrected chi connectivity index (χ4v) is 6.38. The number of hydrogen-bond donors (Lipinski definition) is 0. The molecule has 1 saturated heterocycles. The van der Waals surface area contributed by atoms with Gasteiger partial charge in [-0.1, -0.05) is 84.1 Å². The molecule has 2 aliphatic rings. The molecule has 1 aliphatic carbocycles. The van der Waals surface area contributed by atoms with Crippen molar-refractivity contribution in [3.63, 3.8) is 0 Å². The maximum absolute atomic E-state index is 13.8. The van der Waals surface area contributed by atoms with Gasteiger partial charge in [-0.05, 0) is 74.4 Å². The van der Waals surface area contributed by atoms with Crippen LogP contribution in [-0.4, -0.2) is 36.0 Å². The number of anilines is 1. The van der Waals surface area contributed by atoms with E-state index in [1.54, 1.807) is 18.2 Å². The van der Waals surface area contributed by atoms with Crippen LogP contribution in [0, 0.1) is 6.92 Å². The van der Waals surface area contributed by atoms with Gasteiger partial charge in [0.05, 0.1) is 10.0 Å². The zero-order chi connectivity index (χ0) is 25.1. The van der Waals surface area contributed by atoms with E-state index in [2.05, 4.69) is 66.4 Å². The highest BCUT2D eigenvalue weighted by Crippen LogP contribution is 2.38. The van der Waals surface area contributed by atoms with Crippen LogP contribution in [0.1, 0.15) is 65.9 Å². The van der Waals surface area contributed by atoms with E-state index >= 15 is 0 Å². The Bertz CT molecular complexity index is 1170. The number of piperidine rings is 1. The van der Waals surface area contributed by atoms with E-state index in [1.165, 1.54) is 36.8 Å². The van der Waals surface area contributed by atoms with Crippen LogP contribution in [0.2, 0.25) is 10.0 Å². The highest BCUT2D eigenvalue weighted by Gasteiger charge is 2.36. The molecule has 0 N–H and O–H groups in total. The van der Waals surface area contributed by atoms with E-state index in [-0.39, 0.29) is 11.9 Å². The number of aryl methyl sites for hydroxylation is 1. The Balaban J connectivity index is 1.36. The normalized spacial score (nSPS) is 21.3. The standard InChI is InChI=1S/C31H34Cl2N2O/c1-22-11-14-25(15-12-22)35(31(36)24-13-16-28(32)29(33)21-24)26-17-19-34(20-18-26)30-10-6-5-9-27(30)23-7-3-2-4-8-23/h2-4,7-8,11-16,21,26-27,30H,5-6,9-10,17-20H2,1H3. The van der Waals surface area contributed by atoms with Crippen LogP contribution in [0.4, 0.5) is 5.69 Å². The molecule has 2 atom stereocenters. The van der Waals surface area contributed by atoms with Crippen molar-refractivity contribution in [1.29, 1.82) is 0 Å². The van der Waals surface area contributed by atoms with E-state index < -0.39 is 0 Å². The summed E-state index contributed by atoms with van der Waals surface area (Å²) in [6, 6.07) is 25.2. The molecule has 1 heterocycles. The summed E-state index contributed by atoms with van der Waals surface area (Å²) in [5.74, 6) is 0.582. The maximum atomic E-state index is 13.8. The van der Waals surface area contributed by atoms with E-state index in [0.29, 0.717) is 27.6 Å². The molecule has 0 aromatic heterocycles. The van der Waals surface area contributed by atoms with E-state index in [0.717, 1.165) is 31.6 Å². The van der Waals surface area contributed by atoms with Gasteiger partial charge in [0.25, 0.3) is 5.91 Å². The summed E-state index contributed by atoms with van der Waals surface area (Å²) in [7, 11) is 0.